The number of carbonyl (C=O) groups excluding carboxylic acids is 2. The van der Waals surface area contributed by atoms with Crippen LogP contribution in [0.15, 0.2) is 24.3 Å². The predicted octanol–water partition coefficient (Wildman–Crippen LogP) is 2.89. The Labute approximate surface area is 123 Å². The van der Waals surface area contributed by atoms with Crippen LogP contribution in [0.25, 0.3) is 0 Å². The molecule has 110 valence electrons. The number of esters is 1. The van der Waals surface area contributed by atoms with E-state index in [1.54, 1.807) is 31.2 Å². The SMILES string of the molecule is CCOC(=O)c1cccc(NC(=O)C2(C#N)CCCC2)c1. The predicted molar refractivity (Wildman–Crippen MR) is 77.5 cm³/mol. The molecule has 0 saturated heterocycles. The Kier molecular flexibility index (Phi) is 4.59. The number of amides is 1. The number of rotatable bonds is 4. The summed E-state index contributed by atoms with van der Waals surface area (Å²) < 4.78 is 4.92. The summed E-state index contributed by atoms with van der Waals surface area (Å²) in [6, 6.07) is 8.72. The van der Waals surface area contributed by atoms with Crippen molar-refractivity contribution in [3.8, 4) is 6.07 Å². The minimum Gasteiger partial charge on any atom is -0.462 e. The zero-order chi connectivity index (χ0) is 15.3. The number of anilines is 1. The first-order valence-electron chi connectivity index (χ1n) is 7.11. The van der Waals surface area contributed by atoms with Crippen molar-refractivity contribution in [3.63, 3.8) is 0 Å². The molecule has 1 aliphatic rings. The summed E-state index contributed by atoms with van der Waals surface area (Å²) in [5.41, 5.74) is -0.0425. The summed E-state index contributed by atoms with van der Waals surface area (Å²) in [5, 5.41) is 12.0. The van der Waals surface area contributed by atoms with Gasteiger partial charge in [0.25, 0.3) is 0 Å². The molecule has 0 aliphatic heterocycles. The molecule has 0 radical (unpaired) electrons. The fraction of sp³-hybridized carbons (Fsp3) is 0.438. The van der Waals surface area contributed by atoms with Crippen LogP contribution in [0, 0.1) is 16.7 Å². The van der Waals surface area contributed by atoms with Crippen molar-refractivity contribution >= 4 is 17.6 Å². The van der Waals surface area contributed by atoms with Gasteiger partial charge in [0.15, 0.2) is 0 Å². The second kappa shape index (κ2) is 6.40. The van der Waals surface area contributed by atoms with Crippen molar-refractivity contribution in [1.82, 2.24) is 0 Å². The Balaban J connectivity index is 2.13. The van der Waals surface area contributed by atoms with Gasteiger partial charge >= 0.3 is 5.97 Å². The van der Waals surface area contributed by atoms with Crippen LogP contribution >= 0.6 is 0 Å². The van der Waals surface area contributed by atoms with Crippen molar-refractivity contribution in [2.24, 2.45) is 5.41 Å². The molecule has 0 spiro atoms. The van der Waals surface area contributed by atoms with Crippen molar-refractivity contribution < 1.29 is 14.3 Å². The Morgan fingerprint density at radius 1 is 1.38 bits per heavy atom. The van der Waals surface area contributed by atoms with Crippen LogP contribution in [-0.4, -0.2) is 18.5 Å². The maximum atomic E-state index is 12.3. The van der Waals surface area contributed by atoms with Crippen molar-refractivity contribution in [3.05, 3.63) is 29.8 Å². The Bertz CT molecular complexity index is 583. The smallest absolute Gasteiger partial charge is 0.338 e. The highest BCUT2D eigenvalue weighted by Crippen LogP contribution is 2.38. The van der Waals surface area contributed by atoms with E-state index >= 15 is 0 Å². The molecule has 1 amide bonds. The molecule has 1 N–H and O–H groups in total. The van der Waals surface area contributed by atoms with E-state index in [-0.39, 0.29) is 5.91 Å². The molecule has 5 heteroatoms. The third-order valence-electron chi connectivity index (χ3n) is 3.74. The van der Waals surface area contributed by atoms with Gasteiger partial charge in [-0.05, 0) is 38.0 Å². The van der Waals surface area contributed by atoms with Gasteiger partial charge < -0.3 is 10.1 Å². The molecule has 1 fully saturated rings. The number of benzene rings is 1. The third-order valence-corrected chi connectivity index (χ3v) is 3.74. The molecule has 0 unspecified atom stereocenters. The Morgan fingerprint density at radius 3 is 2.71 bits per heavy atom. The lowest BCUT2D eigenvalue weighted by Crippen LogP contribution is -2.32. The monoisotopic (exact) mass is 286 g/mol. The molecule has 21 heavy (non-hydrogen) atoms. The van der Waals surface area contributed by atoms with Crippen LogP contribution < -0.4 is 5.32 Å². The summed E-state index contributed by atoms with van der Waals surface area (Å²) in [4.78, 5) is 24.0. The zero-order valence-corrected chi connectivity index (χ0v) is 12.0. The standard InChI is InChI=1S/C16H18N2O3/c1-2-21-14(19)12-6-5-7-13(10-12)18-15(20)16(11-17)8-3-4-9-16/h5-7,10H,2-4,8-9H2,1H3,(H,18,20). The lowest BCUT2D eigenvalue weighted by Gasteiger charge is -2.19. The van der Waals surface area contributed by atoms with Crippen LogP contribution in [0.5, 0.6) is 0 Å². The molecule has 1 aromatic rings. The lowest BCUT2D eigenvalue weighted by atomic mass is 9.87. The summed E-state index contributed by atoms with van der Waals surface area (Å²) in [6.07, 6.45) is 2.97. The molecule has 2 rings (SSSR count). The topological polar surface area (TPSA) is 79.2 Å². The van der Waals surface area contributed by atoms with Crippen molar-refractivity contribution in [2.45, 2.75) is 32.6 Å². The van der Waals surface area contributed by atoms with Gasteiger partial charge in [-0.2, -0.15) is 5.26 Å². The van der Waals surface area contributed by atoms with Crippen molar-refractivity contribution in [2.75, 3.05) is 11.9 Å². The molecular weight excluding hydrogens is 268 g/mol. The van der Waals surface area contributed by atoms with Crippen LogP contribution in [0.1, 0.15) is 43.0 Å². The second-order valence-electron chi connectivity index (χ2n) is 5.16. The number of ether oxygens (including phenoxy) is 1. The van der Waals surface area contributed by atoms with E-state index in [4.69, 9.17) is 4.74 Å². The quantitative estimate of drug-likeness (QED) is 0.863. The highest BCUT2D eigenvalue weighted by atomic mass is 16.5. The first-order chi connectivity index (χ1) is 10.1. The van der Waals surface area contributed by atoms with Gasteiger partial charge in [0.1, 0.15) is 5.41 Å². The molecule has 1 aromatic carbocycles. The van der Waals surface area contributed by atoms with E-state index in [1.165, 1.54) is 0 Å². The van der Waals surface area contributed by atoms with Gasteiger partial charge in [-0.25, -0.2) is 4.79 Å². The number of nitrogens with zero attached hydrogens (tertiary/aromatic N) is 1. The van der Waals surface area contributed by atoms with Crippen LogP contribution in [-0.2, 0) is 9.53 Å². The molecule has 0 aromatic heterocycles. The molecular formula is C16H18N2O3. The maximum absolute atomic E-state index is 12.3. The van der Waals surface area contributed by atoms with Gasteiger partial charge in [-0.3, -0.25) is 4.79 Å². The number of hydrogen-bond donors (Lipinski definition) is 1. The van der Waals surface area contributed by atoms with E-state index in [0.29, 0.717) is 30.7 Å². The maximum Gasteiger partial charge on any atom is 0.338 e. The Hall–Kier alpha value is -2.35. The number of nitriles is 1. The first kappa shape index (κ1) is 15.0. The molecule has 1 saturated carbocycles. The van der Waals surface area contributed by atoms with Crippen molar-refractivity contribution in [1.29, 1.82) is 5.26 Å². The fourth-order valence-electron chi connectivity index (χ4n) is 2.56. The lowest BCUT2D eigenvalue weighted by molar-refractivity contribution is -0.122. The van der Waals surface area contributed by atoms with Gasteiger partial charge in [0, 0.05) is 5.69 Å². The third kappa shape index (κ3) is 3.22. The van der Waals surface area contributed by atoms with E-state index in [1.807, 2.05) is 0 Å². The van der Waals surface area contributed by atoms with Gasteiger partial charge in [0.05, 0.1) is 18.2 Å². The van der Waals surface area contributed by atoms with E-state index in [2.05, 4.69) is 11.4 Å². The number of carbonyl (C=O) groups is 2. The average Bonchev–Trinajstić information content (AvgIpc) is 2.98. The highest BCUT2D eigenvalue weighted by molar-refractivity contribution is 5.98. The van der Waals surface area contributed by atoms with E-state index in [0.717, 1.165) is 12.8 Å². The highest BCUT2D eigenvalue weighted by Gasteiger charge is 2.41. The number of nitrogens with one attached hydrogen (secondary N) is 1. The summed E-state index contributed by atoms with van der Waals surface area (Å²) in [6.45, 7) is 2.03. The van der Waals surface area contributed by atoms with Gasteiger partial charge in [-0.1, -0.05) is 18.9 Å². The zero-order valence-electron chi connectivity index (χ0n) is 12.0. The first-order valence-corrected chi connectivity index (χ1v) is 7.11. The molecule has 1 aliphatic carbocycles. The van der Waals surface area contributed by atoms with Crippen LogP contribution in [0.4, 0.5) is 5.69 Å². The normalized spacial score (nSPS) is 16.0. The fourth-order valence-corrected chi connectivity index (χ4v) is 2.56. The van der Waals surface area contributed by atoms with Crippen LogP contribution in [0.2, 0.25) is 0 Å². The molecule has 0 atom stereocenters. The summed E-state index contributed by atoms with van der Waals surface area (Å²) in [5.74, 6) is -0.715. The van der Waals surface area contributed by atoms with Gasteiger partial charge in [0.2, 0.25) is 5.91 Å². The minimum atomic E-state index is -0.931. The van der Waals surface area contributed by atoms with Gasteiger partial charge in [-0.15, -0.1) is 0 Å². The second-order valence-corrected chi connectivity index (χ2v) is 5.16. The van der Waals surface area contributed by atoms with E-state index < -0.39 is 11.4 Å². The average molecular weight is 286 g/mol. The largest absolute Gasteiger partial charge is 0.462 e. The minimum absolute atomic E-state index is 0.288. The molecule has 5 nitrogen and oxygen atoms in total. The summed E-state index contributed by atoms with van der Waals surface area (Å²) in [7, 11) is 0. The summed E-state index contributed by atoms with van der Waals surface area (Å²) >= 11 is 0. The molecule has 0 bridgehead atoms. The Morgan fingerprint density at radius 2 is 2.10 bits per heavy atom. The number of hydrogen-bond acceptors (Lipinski definition) is 4. The van der Waals surface area contributed by atoms with Crippen LogP contribution in [0.3, 0.4) is 0 Å². The van der Waals surface area contributed by atoms with E-state index in [9.17, 15) is 14.9 Å². The molecule has 0 heterocycles.